The molecular formula is C8F12. The molecule has 1 fully saturated rings. The van der Waals surface area contributed by atoms with Crippen LogP contribution in [-0.2, 0) is 0 Å². The number of rotatable bonds is 1. The van der Waals surface area contributed by atoms with Gasteiger partial charge in [-0.05, 0) is 0 Å². The van der Waals surface area contributed by atoms with Crippen molar-refractivity contribution >= 4 is 0 Å². The maximum Gasteiger partial charge on any atom is 0.379 e. The molecule has 0 aromatic carbocycles. The van der Waals surface area contributed by atoms with Crippen molar-refractivity contribution in [1.29, 1.82) is 0 Å². The number of hydrogen-bond donors (Lipinski definition) is 0. The van der Waals surface area contributed by atoms with Crippen LogP contribution in [0.5, 0.6) is 0 Å². The SMILES string of the molecule is FC1=C(C2(F)C(F)(F)C(F)(F)C2(F)F)C(F)(F)C1(F)F. The summed E-state index contributed by atoms with van der Waals surface area (Å²) in [5.74, 6) is -34.9. The monoisotopic (exact) mass is 324 g/mol. The first-order valence-electron chi connectivity index (χ1n) is 4.52. The Morgan fingerprint density at radius 3 is 1.15 bits per heavy atom. The van der Waals surface area contributed by atoms with Gasteiger partial charge in [0.25, 0.3) is 5.67 Å². The molecule has 0 bridgehead atoms. The Balaban J connectivity index is 2.69. The number of halogens is 12. The summed E-state index contributed by atoms with van der Waals surface area (Å²) in [6.45, 7) is 0. The summed E-state index contributed by atoms with van der Waals surface area (Å²) in [6.07, 6.45) is 0. The molecule has 116 valence electrons. The van der Waals surface area contributed by atoms with Crippen LogP contribution in [0.2, 0.25) is 0 Å². The van der Waals surface area contributed by atoms with Crippen molar-refractivity contribution in [2.45, 2.75) is 35.3 Å². The number of alkyl halides is 11. The van der Waals surface area contributed by atoms with Crippen molar-refractivity contribution in [3.05, 3.63) is 11.4 Å². The second-order valence-corrected chi connectivity index (χ2v) is 4.22. The van der Waals surface area contributed by atoms with Gasteiger partial charge in [-0.1, -0.05) is 0 Å². The molecule has 0 N–H and O–H groups in total. The first-order valence-corrected chi connectivity index (χ1v) is 4.52. The molecule has 0 saturated heterocycles. The van der Waals surface area contributed by atoms with Gasteiger partial charge in [-0.2, -0.15) is 43.9 Å². The van der Waals surface area contributed by atoms with E-state index in [1.165, 1.54) is 0 Å². The molecule has 0 atom stereocenters. The van der Waals surface area contributed by atoms with Crippen LogP contribution >= 0.6 is 0 Å². The van der Waals surface area contributed by atoms with Crippen LogP contribution in [0.1, 0.15) is 0 Å². The highest BCUT2D eigenvalue weighted by atomic mass is 19.4. The summed E-state index contributed by atoms with van der Waals surface area (Å²) >= 11 is 0. The van der Waals surface area contributed by atoms with Crippen LogP contribution in [0.4, 0.5) is 52.7 Å². The van der Waals surface area contributed by atoms with Gasteiger partial charge in [0.15, 0.2) is 5.83 Å². The third-order valence-corrected chi connectivity index (χ3v) is 3.20. The predicted octanol–water partition coefficient (Wildman–Crippen LogP) is 4.12. The fraction of sp³-hybridized carbons (Fsp3) is 0.750. The van der Waals surface area contributed by atoms with Crippen LogP contribution in [0.25, 0.3) is 0 Å². The molecule has 1 saturated carbocycles. The largest absolute Gasteiger partial charge is 0.379 e. The first-order chi connectivity index (χ1) is 8.53. The molecule has 0 aromatic heterocycles. The molecule has 2 rings (SSSR count). The van der Waals surface area contributed by atoms with Crippen molar-refractivity contribution in [3.8, 4) is 0 Å². The normalized spacial score (nSPS) is 34.2. The lowest BCUT2D eigenvalue weighted by molar-refractivity contribution is -0.469. The van der Waals surface area contributed by atoms with Gasteiger partial charge in [-0.25, -0.2) is 8.78 Å². The summed E-state index contributed by atoms with van der Waals surface area (Å²) < 4.78 is 152. The minimum atomic E-state index is -6.48. The van der Waals surface area contributed by atoms with Crippen molar-refractivity contribution in [1.82, 2.24) is 0 Å². The fourth-order valence-corrected chi connectivity index (χ4v) is 1.97. The highest BCUT2D eigenvalue weighted by molar-refractivity contribution is 5.54. The van der Waals surface area contributed by atoms with Crippen LogP contribution in [0, 0.1) is 0 Å². The zero-order chi connectivity index (χ0) is 16.2. The summed E-state index contributed by atoms with van der Waals surface area (Å²) in [7, 11) is 0. The summed E-state index contributed by atoms with van der Waals surface area (Å²) in [5.41, 5.74) is -9.89. The minimum absolute atomic E-state index is 3.61. The Labute approximate surface area is 101 Å². The second kappa shape index (κ2) is 3.06. The number of allylic oxidation sites excluding steroid dienone is 2. The van der Waals surface area contributed by atoms with Crippen molar-refractivity contribution in [3.63, 3.8) is 0 Å². The molecule has 0 amide bonds. The summed E-state index contributed by atoms with van der Waals surface area (Å²) in [4.78, 5) is 0. The third kappa shape index (κ3) is 0.984. The van der Waals surface area contributed by atoms with E-state index < -0.39 is 46.7 Å². The molecule has 2 aliphatic rings. The summed E-state index contributed by atoms with van der Waals surface area (Å²) in [6, 6.07) is 0. The highest BCUT2D eigenvalue weighted by Crippen LogP contribution is 2.76. The maximum atomic E-state index is 13.4. The number of hydrogen-bond acceptors (Lipinski definition) is 0. The Bertz CT molecular complexity index is 494. The van der Waals surface area contributed by atoms with E-state index in [4.69, 9.17) is 0 Å². The van der Waals surface area contributed by atoms with E-state index in [1.807, 2.05) is 0 Å². The average Bonchev–Trinajstić information content (AvgIpc) is 2.26. The van der Waals surface area contributed by atoms with E-state index in [9.17, 15) is 52.7 Å². The minimum Gasteiger partial charge on any atom is -0.225 e. The topological polar surface area (TPSA) is 0 Å². The molecule has 20 heavy (non-hydrogen) atoms. The van der Waals surface area contributed by atoms with E-state index in [0.717, 1.165) is 0 Å². The lowest BCUT2D eigenvalue weighted by Gasteiger charge is -2.57. The van der Waals surface area contributed by atoms with E-state index in [-0.39, 0.29) is 0 Å². The Morgan fingerprint density at radius 1 is 0.500 bits per heavy atom. The third-order valence-electron chi connectivity index (χ3n) is 3.20. The van der Waals surface area contributed by atoms with Gasteiger partial charge in [-0.15, -0.1) is 0 Å². The van der Waals surface area contributed by atoms with E-state index in [0.29, 0.717) is 0 Å². The molecule has 0 aliphatic heterocycles. The predicted molar refractivity (Wildman–Crippen MR) is 36.7 cm³/mol. The molecule has 0 nitrogen and oxygen atoms in total. The van der Waals surface area contributed by atoms with Crippen LogP contribution in [-0.4, -0.2) is 35.3 Å². The van der Waals surface area contributed by atoms with Crippen LogP contribution in [0.15, 0.2) is 11.4 Å². The van der Waals surface area contributed by atoms with Crippen molar-refractivity contribution < 1.29 is 52.7 Å². The van der Waals surface area contributed by atoms with E-state index in [2.05, 4.69) is 0 Å². The zero-order valence-electron chi connectivity index (χ0n) is 8.54. The lowest BCUT2D eigenvalue weighted by atomic mass is 9.60. The molecule has 12 heteroatoms. The Kier molecular flexibility index (Phi) is 2.34. The lowest BCUT2D eigenvalue weighted by Crippen LogP contribution is -2.87. The van der Waals surface area contributed by atoms with Crippen LogP contribution < -0.4 is 0 Å². The van der Waals surface area contributed by atoms with E-state index >= 15 is 0 Å². The summed E-state index contributed by atoms with van der Waals surface area (Å²) in [5, 5.41) is 0. The zero-order valence-corrected chi connectivity index (χ0v) is 8.54. The van der Waals surface area contributed by atoms with Gasteiger partial charge in [-0.3, -0.25) is 0 Å². The Hall–Kier alpha value is -1.10. The first kappa shape index (κ1) is 15.3. The van der Waals surface area contributed by atoms with Crippen molar-refractivity contribution in [2.24, 2.45) is 0 Å². The van der Waals surface area contributed by atoms with Crippen molar-refractivity contribution in [2.75, 3.05) is 0 Å². The molecule has 0 spiro atoms. The Morgan fingerprint density at radius 2 is 0.850 bits per heavy atom. The van der Waals surface area contributed by atoms with Gasteiger partial charge < -0.3 is 0 Å². The fourth-order valence-electron chi connectivity index (χ4n) is 1.97. The molecule has 0 aromatic rings. The van der Waals surface area contributed by atoms with Crippen LogP contribution in [0.3, 0.4) is 0 Å². The van der Waals surface area contributed by atoms with Gasteiger partial charge in [0.2, 0.25) is 0 Å². The van der Waals surface area contributed by atoms with Gasteiger partial charge in [0.1, 0.15) is 0 Å². The molecule has 0 heterocycles. The smallest absolute Gasteiger partial charge is 0.225 e. The van der Waals surface area contributed by atoms with Gasteiger partial charge in [0, 0.05) is 0 Å². The average molecular weight is 324 g/mol. The second-order valence-electron chi connectivity index (χ2n) is 4.22. The quantitative estimate of drug-likeness (QED) is 0.637. The molecule has 0 unspecified atom stereocenters. The van der Waals surface area contributed by atoms with E-state index in [1.54, 1.807) is 0 Å². The molecule has 0 radical (unpaired) electrons. The standard InChI is InChI=1S/C8F12/c9-2-1(4(11,12)5(2,13)14)3(10)6(15,16)8(19,20)7(3,17)18. The molecular weight excluding hydrogens is 324 g/mol. The van der Waals surface area contributed by atoms with Gasteiger partial charge >= 0.3 is 29.6 Å². The molecule has 2 aliphatic carbocycles. The highest BCUT2D eigenvalue weighted by Gasteiger charge is 3.04. The maximum absolute atomic E-state index is 13.4. The van der Waals surface area contributed by atoms with Gasteiger partial charge in [0.05, 0.1) is 5.57 Å².